The van der Waals surface area contributed by atoms with Crippen molar-refractivity contribution in [2.45, 2.75) is 12.5 Å². The Labute approximate surface area is 134 Å². The topological polar surface area (TPSA) is 54.5 Å². The molecule has 5 nitrogen and oxygen atoms in total. The molecule has 1 aromatic heterocycles. The molecule has 1 N–H and O–H groups in total. The second-order valence-electron chi connectivity index (χ2n) is 5.62. The molecule has 0 fully saturated rings. The maximum atomic E-state index is 13.8. The zero-order valence-corrected chi connectivity index (χ0v) is 13.0. The fourth-order valence-electron chi connectivity index (χ4n) is 2.58. The quantitative estimate of drug-likeness (QED) is 0.946. The van der Waals surface area contributed by atoms with Crippen molar-refractivity contribution in [3.8, 4) is 5.75 Å². The second-order valence-corrected chi connectivity index (χ2v) is 5.62. The molecule has 0 aliphatic carbocycles. The minimum atomic E-state index is -0.353. The number of anilines is 1. The van der Waals surface area contributed by atoms with Crippen LogP contribution in [0, 0.1) is 5.82 Å². The lowest BCUT2D eigenvalue weighted by molar-refractivity contribution is 0.0827. The van der Waals surface area contributed by atoms with Crippen LogP contribution in [-0.2, 0) is 0 Å². The van der Waals surface area contributed by atoms with Crippen molar-refractivity contribution >= 4 is 11.7 Å². The molecule has 2 heterocycles. The highest BCUT2D eigenvalue weighted by molar-refractivity contribution is 5.93. The summed E-state index contributed by atoms with van der Waals surface area (Å²) in [4.78, 5) is 17.6. The van der Waals surface area contributed by atoms with Gasteiger partial charge >= 0.3 is 0 Å². The standard InChI is InChI=1S/C17H18FN3O2/c1-21(2)17(22)11-6-7-15(19-10-11)20-14-8-9-23-16-12(14)4-3-5-13(16)18/h3-7,10,14H,8-9H2,1-2H3,(H,19,20)/t14-/m0/s1. The minimum Gasteiger partial charge on any atom is -0.490 e. The molecule has 3 rings (SSSR count). The molecule has 0 saturated heterocycles. The average molecular weight is 315 g/mol. The van der Waals surface area contributed by atoms with Crippen LogP contribution in [0.5, 0.6) is 5.75 Å². The van der Waals surface area contributed by atoms with Crippen LogP contribution < -0.4 is 10.1 Å². The largest absolute Gasteiger partial charge is 0.490 e. The Morgan fingerprint density at radius 2 is 2.17 bits per heavy atom. The van der Waals surface area contributed by atoms with E-state index in [9.17, 15) is 9.18 Å². The molecule has 1 amide bonds. The lowest BCUT2D eigenvalue weighted by atomic mass is 10.0. The molecule has 0 spiro atoms. The number of hydrogen-bond donors (Lipinski definition) is 1. The molecule has 0 saturated carbocycles. The molecule has 1 aliphatic rings. The number of fused-ring (bicyclic) bond motifs is 1. The predicted molar refractivity (Wildman–Crippen MR) is 85.1 cm³/mol. The number of para-hydroxylation sites is 1. The van der Waals surface area contributed by atoms with Crippen LogP contribution in [0.3, 0.4) is 0 Å². The summed E-state index contributed by atoms with van der Waals surface area (Å²) in [6.07, 6.45) is 2.26. The van der Waals surface area contributed by atoms with E-state index in [0.717, 1.165) is 12.0 Å². The molecular formula is C17H18FN3O2. The first-order chi connectivity index (χ1) is 11.1. The first kappa shape index (κ1) is 15.3. The molecule has 0 radical (unpaired) electrons. The zero-order chi connectivity index (χ0) is 16.4. The van der Waals surface area contributed by atoms with Crippen molar-refractivity contribution in [2.75, 3.05) is 26.0 Å². The Balaban J connectivity index is 1.79. The maximum absolute atomic E-state index is 13.8. The molecule has 0 bridgehead atoms. The molecule has 0 unspecified atom stereocenters. The monoisotopic (exact) mass is 315 g/mol. The third-order valence-corrected chi connectivity index (χ3v) is 3.76. The zero-order valence-electron chi connectivity index (χ0n) is 13.0. The molecule has 1 aromatic carbocycles. The Hall–Kier alpha value is -2.63. The van der Waals surface area contributed by atoms with Gasteiger partial charge in [0.2, 0.25) is 0 Å². The summed E-state index contributed by atoms with van der Waals surface area (Å²) in [5.41, 5.74) is 1.31. The van der Waals surface area contributed by atoms with E-state index < -0.39 is 0 Å². The third-order valence-electron chi connectivity index (χ3n) is 3.76. The SMILES string of the molecule is CN(C)C(=O)c1ccc(N[C@H]2CCOc3c(F)cccc32)nc1. The number of rotatable bonds is 3. The number of nitrogens with zero attached hydrogens (tertiary/aromatic N) is 2. The van der Waals surface area contributed by atoms with Crippen molar-refractivity contribution in [3.05, 3.63) is 53.5 Å². The maximum Gasteiger partial charge on any atom is 0.254 e. The van der Waals surface area contributed by atoms with Gasteiger partial charge < -0.3 is 15.0 Å². The lowest BCUT2D eigenvalue weighted by Crippen LogP contribution is -2.23. The van der Waals surface area contributed by atoms with Gasteiger partial charge in [0.15, 0.2) is 11.6 Å². The van der Waals surface area contributed by atoms with Gasteiger partial charge in [0.25, 0.3) is 5.91 Å². The molecule has 6 heteroatoms. The number of halogens is 1. The fraction of sp³-hybridized carbons (Fsp3) is 0.294. The lowest BCUT2D eigenvalue weighted by Gasteiger charge is -2.27. The number of hydrogen-bond acceptors (Lipinski definition) is 4. The van der Waals surface area contributed by atoms with E-state index in [1.54, 1.807) is 32.3 Å². The first-order valence-electron chi connectivity index (χ1n) is 7.41. The Kier molecular flexibility index (Phi) is 4.14. The summed E-state index contributed by atoms with van der Waals surface area (Å²) in [7, 11) is 3.39. The number of pyridine rings is 1. The Morgan fingerprint density at radius 1 is 1.35 bits per heavy atom. The second kappa shape index (κ2) is 6.24. The Bertz CT molecular complexity index is 716. The molecule has 120 valence electrons. The van der Waals surface area contributed by atoms with Crippen molar-refractivity contribution in [3.63, 3.8) is 0 Å². The van der Waals surface area contributed by atoms with Crippen molar-refractivity contribution < 1.29 is 13.9 Å². The van der Waals surface area contributed by atoms with Crippen LogP contribution in [0.15, 0.2) is 36.5 Å². The van der Waals surface area contributed by atoms with Gasteiger partial charge in [-0.1, -0.05) is 12.1 Å². The average Bonchev–Trinajstić information content (AvgIpc) is 2.56. The number of nitrogens with one attached hydrogen (secondary N) is 1. The molecule has 1 aliphatic heterocycles. The van der Waals surface area contributed by atoms with E-state index in [1.165, 1.54) is 17.2 Å². The van der Waals surface area contributed by atoms with E-state index in [0.29, 0.717) is 23.7 Å². The summed E-state index contributed by atoms with van der Waals surface area (Å²) < 4.78 is 19.2. The summed E-state index contributed by atoms with van der Waals surface area (Å²) in [6, 6.07) is 8.32. The first-order valence-corrected chi connectivity index (χ1v) is 7.41. The number of carbonyl (C=O) groups excluding carboxylic acids is 1. The molecule has 1 atom stereocenters. The van der Waals surface area contributed by atoms with E-state index in [-0.39, 0.29) is 17.8 Å². The molecule has 2 aromatic rings. The number of aromatic nitrogens is 1. The molecular weight excluding hydrogens is 297 g/mol. The Morgan fingerprint density at radius 3 is 2.87 bits per heavy atom. The normalized spacial score (nSPS) is 16.2. The van der Waals surface area contributed by atoms with E-state index in [4.69, 9.17) is 4.74 Å². The van der Waals surface area contributed by atoms with Gasteiger partial charge in [-0.2, -0.15) is 0 Å². The number of ether oxygens (including phenoxy) is 1. The van der Waals surface area contributed by atoms with Crippen molar-refractivity contribution in [2.24, 2.45) is 0 Å². The van der Waals surface area contributed by atoms with E-state index in [1.807, 2.05) is 6.07 Å². The van der Waals surface area contributed by atoms with Crippen LogP contribution in [0.2, 0.25) is 0 Å². The minimum absolute atomic E-state index is 0.0719. The number of carbonyl (C=O) groups is 1. The van der Waals surface area contributed by atoms with E-state index in [2.05, 4.69) is 10.3 Å². The van der Waals surface area contributed by atoms with Gasteiger partial charge in [-0.3, -0.25) is 4.79 Å². The van der Waals surface area contributed by atoms with Gasteiger partial charge in [-0.15, -0.1) is 0 Å². The van der Waals surface area contributed by atoms with Crippen molar-refractivity contribution in [1.29, 1.82) is 0 Å². The van der Waals surface area contributed by atoms with Crippen LogP contribution >= 0.6 is 0 Å². The van der Waals surface area contributed by atoms with Gasteiger partial charge in [0, 0.05) is 32.3 Å². The van der Waals surface area contributed by atoms with Crippen LogP contribution in [0.4, 0.5) is 10.2 Å². The third kappa shape index (κ3) is 3.11. The van der Waals surface area contributed by atoms with E-state index >= 15 is 0 Å². The highest BCUT2D eigenvalue weighted by Crippen LogP contribution is 2.35. The van der Waals surface area contributed by atoms with Crippen LogP contribution in [0.25, 0.3) is 0 Å². The predicted octanol–water partition coefficient (Wildman–Crippen LogP) is 2.86. The summed E-state index contributed by atoms with van der Waals surface area (Å²) >= 11 is 0. The highest BCUT2D eigenvalue weighted by Gasteiger charge is 2.24. The number of amides is 1. The molecule has 23 heavy (non-hydrogen) atoms. The fourth-order valence-corrected chi connectivity index (χ4v) is 2.58. The van der Waals surface area contributed by atoms with Crippen molar-refractivity contribution in [1.82, 2.24) is 9.88 Å². The summed E-state index contributed by atoms with van der Waals surface area (Å²) in [6.45, 7) is 0.447. The van der Waals surface area contributed by atoms with Gasteiger partial charge in [0.05, 0.1) is 18.2 Å². The smallest absolute Gasteiger partial charge is 0.254 e. The highest BCUT2D eigenvalue weighted by atomic mass is 19.1. The van der Waals surface area contributed by atoms with Gasteiger partial charge in [-0.25, -0.2) is 9.37 Å². The summed E-state index contributed by atoms with van der Waals surface area (Å²) in [5.74, 6) is 0.495. The summed E-state index contributed by atoms with van der Waals surface area (Å²) in [5, 5.41) is 3.28. The van der Waals surface area contributed by atoms with Crippen LogP contribution in [0.1, 0.15) is 28.4 Å². The van der Waals surface area contributed by atoms with Gasteiger partial charge in [0.1, 0.15) is 5.82 Å². The number of benzene rings is 1. The van der Waals surface area contributed by atoms with Gasteiger partial charge in [-0.05, 0) is 18.2 Å². The van der Waals surface area contributed by atoms with Crippen LogP contribution in [-0.4, -0.2) is 36.5 Å².